The van der Waals surface area contributed by atoms with E-state index in [4.69, 9.17) is 9.16 Å². The predicted molar refractivity (Wildman–Crippen MR) is 148 cm³/mol. The van der Waals surface area contributed by atoms with Crippen molar-refractivity contribution in [3.8, 4) is 0 Å². The minimum absolute atomic E-state index is 0.00451. The maximum Gasteiger partial charge on any atom is 0.261 e. The van der Waals surface area contributed by atoms with Crippen molar-refractivity contribution in [3.63, 3.8) is 0 Å². The largest absolute Gasteiger partial charge is 0.407 e. The summed E-state index contributed by atoms with van der Waals surface area (Å²) < 4.78 is 13.1. The van der Waals surface area contributed by atoms with Crippen LogP contribution in [-0.4, -0.2) is 37.7 Å². The van der Waals surface area contributed by atoms with E-state index >= 15 is 0 Å². The lowest BCUT2D eigenvalue weighted by molar-refractivity contribution is -0.116. The van der Waals surface area contributed by atoms with Gasteiger partial charge in [-0.1, -0.05) is 111 Å². The maximum absolute atomic E-state index is 11.6. The smallest absolute Gasteiger partial charge is 0.261 e. The van der Waals surface area contributed by atoms with Gasteiger partial charge in [0, 0.05) is 13.0 Å². The Morgan fingerprint density at radius 1 is 1.09 bits per heavy atom. The molecule has 3 unspecified atom stereocenters. The van der Waals surface area contributed by atoms with Gasteiger partial charge in [0.15, 0.2) is 0 Å². The third-order valence-electron chi connectivity index (χ3n) is 7.24. The number of hydrogen-bond acceptors (Lipinski definition) is 3. The van der Waals surface area contributed by atoms with Crippen LogP contribution in [0.3, 0.4) is 0 Å². The minimum atomic E-state index is -2.47. The van der Waals surface area contributed by atoms with Crippen molar-refractivity contribution in [2.45, 2.75) is 83.5 Å². The number of carbonyl (C=O) groups excluding carboxylic acids is 1. The molecule has 0 saturated carbocycles. The molecule has 3 nitrogen and oxygen atoms in total. The SMILES string of the molecule is CC(CCCC1(C)OC1CCC(=O)CBr)CO[Si](c1ccccc1)(c1ccccc1)C(C)(C)C. The minimum Gasteiger partial charge on any atom is -0.407 e. The molecule has 2 aromatic rings. The number of ether oxygens (including phenoxy) is 1. The molecule has 2 aromatic carbocycles. The molecule has 1 saturated heterocycles. The molecule has 186 valence electrons. The first-order valence-corrected chi connectivity index (χ1v) is 15.7. The number of Topliss-reactive ketones (excluding diaryl/α,β-unsaturated/α-hetero) is 1. The van der Waals surface area contributed by atoms with Crippen LogP contribution in [0, 0.1) is 5.92 Å². The zero-order valence-electron chi connectivity index (χ0n) is 21.5. The highest BCUT2D eigenvalue weighted by Gasteiger charge is 2.51. The Morgan fingerprint density at radius 3 is 2.15 bits per heavy atom. The Kier molecular flexibility index (Phi) is 9.35. The Labute approximate surface area is 215 Å². The van der Waals surface area contributed by atoms with E-state index in [0.29, 0.717) is 17.7 Å². The second kappa shape index (κ2) is 11.6. The van der Waals surface area contributed by atoms with Gasteiger partial charge in [-0.25, -0.2) is 0 Å². The van der Waals surface area contributed by atoms with Crippen molar-refractivity contribution >= 4 is 40.4 Å². The number of ketones is 1. The molecule has 0 amide bonds. The Morgan fingerprint density at radius 2 is 1.65 bits per heavy atom. The summed E-state index contributed by atoms with van der Waals surface area (Å²) in [6.45, 7) is 12.2. The van der Waals surface area contributed by atoms with Gasteiger partial charge in [-0.05, 0) is 47.5 Å². The number of alkyl halides is 1. The van der Waals surface area contributed by atoms with Crippen molar-refractivity contribution in [1.82, 2.24) is 0 Å². The maximum atomic E-state index is 11.6. The average Bonchev–Trinajstić information content (AvgIpc) is 3.47. The van der Waals surface area contributed by atoms with Crippen LogP contribution in [-0.2, 0) is 14.0 Å². The summed E-state index contributed by atoms with van der Waals surface area (Å²) >= 11 is 3.24. The molecule has 0 radical (unpaired) electrons. The summed E-state index contributed by atoms with van der Waals surface area (Å²) in [7, 11) is -2.47. The second-order valence-electron chi connectivity index (χ2n) is 11.1. The van der Waals surface area contributed by atoms with Crippen molar-refractivity contribution in [2.24, 2.45) is 5.92 Å². The van der Waals surface area contributed by atoms with Gasteiger partial charge >= 0.3 is 0 Å². The molecular formula is C29H41BrO3Si. The summed E-state index contributed by atoms with van der Waals surface area (Å²) in [6.07, 6.45) is 4.96. The number of carbonyl (C=O) groups is 1. The number of benzene rings is 2. The lowest BCUT2D eigenvalue weighted by Gasteiger charge is -2.43. The van der Waals surface area contributed by atoms with Crippen molar-refractivity contribution in [3.05, 3.63) is 60.7 Å². The Bertz CT molecular complexity index is 872. The fourth-order valence-corrected chi connectivity index (χ4v) is 10.1. The Hall–Kier alpha value is -1.27. The summed E-state index contributed by atoms with van der Waals surface area (Å²) in [5, 5.41) is 3.12. The van der Waals surface area contributed by atoms with E-state index in [0.717, 1.165) is 32.3 Å². The van der Waals surface area contributed by atoms with E-state index in [1.807, 2.05) is 0 Å². The normalized spacial score (nSPS) is 21.3. The van der Waals surface area contributed by atoms with Gasteiger partial charge in [0.25, 0.3) is 8.32 Å². The van der Waals surface area contributed by atoms with Crippen LogP contribution in [0.2, 0.25) is 5.04 Å². The van der Waals surface area contributed by atoms with Gasteiger partial charge in [-0.3, -0.25) is 4.79 Å². The van der Waals surface area contributed by atoms with Gasteiger partial charge in [-0.2, -0.15) is 0 Å². The third-order valence-corrected chi connectivity index (χ3v) is 12.9. The topological polar surface area (TPSA) is 38.8 Å². The molecule has 1 aliphatic rings. The molecule has 0 bridgehead atoms. The van der Waals surface area contributed by atoms with Crippen LogP contribution in [0.1, 0.15) is 66.7 Å². The zero-order valence-corrected chi connectivity index (χ0v) is 24.1. The summed E-state index contributed by atoms with van der Waals surface area (Å²) in [5.74, 6) is 0.726. The average molecular weight is 546 g/mol. The fourth-order valence-electron chi connectivity index (χ4n) is 5.15. The Balaban J connectivity index is 1.62. The molecule has 0 aromatic heterocycles. The molecule has 1 fully saturated rings. The molecule has 3 rings (SSSR count). The van der Waals surface area contributed by atoms with Crippen LogP contribution in [0.25, 0.3) is 0 Å². The predicted octanol–water partition coefficient (Wildman–Crippen LogP) is 6.27. The van der Waals surface area contributed by atoms with Gasteiger partial charge in [-0.15, -0.1) is 0 Å². The summed E-state index contributed by atoms with van der Waals surface area (Å²) in [5.41, 5.74) is -0.0504. The number of hydrogen-bond donors (Lipinski definition) is 0. The second-order valence-corrected chi connectivity index (χ2v) is 16.0. The van der Waals surface area contributed by atoms with E-state index in [1.165, 1.54) is 10.4 Å². The molecule has 0 spiro atoms. The van der Waals surface area contributed by atoms with E-state index < -0.39 is 8.32 Å². The quantitative estimate of drug-likeness (QED) is 0.169. The summed E-state index contributed by atoms with van der Waals surface area (Å²) in [4.78, 5) is 11.6. The number of rotatable bonds is 13. The highest BCUT2D eigenvalue weighted by molar-refractivity contribution is 9.09. The lowest BCUT2D eigenvalue weighted by atomic mass is 9.94. The molecule has 0 aliphatic carbocycles. The van der Waals surface area contributed by atoms with Crippen molar-refractivity contribution in [1.29, 1.82) is 0 Å². The van der Waals surface area contributed by atoms with Crippen LogP contribution in [0.5, 0.6) is 0 Å². The molecule has 3 atom stereocenters. The number of epoxide rings is 1. The molecule has 1 heterocycles. The van der Waals surface area contributed by atoms with E-state index in [9.17, 15) is 4.79 Å². The molecule has 1 aliphatic heterocycles. The lowest BCUT2D eigenvalue weighted by Crippen LogP contribution is -2.66. The zero-order chi connectivity index (χ0) is 24.8. The van der Waals surface area contributed by atoms with Gasteiger partial charge in [0.2, 0.25) is 0 Å². The van der Waals surface area contributed by atoms with E-state index in [-0.39, 0.29) is 22.5 Å². The van der Waals surface area contributed by atoms with Gasteiger partial charge in [0.05, 0.1) is 17.0 Å². The van der Waals surface area contributed by atoms with Crippen LogP contribution in [0.15, 0.2) is 60.7 Å². The van der Waals surface area contributed by atoms with E-state index in [2.05, 4.69) is 111 Å². The molecule has 34 heavy (non-hydrogen) atoms. The third kappa shape index (κ3) is 6.48. The first-order chi connectivity index (χ1) is 16.1. The molecular weight excluding hydrogens is 504 g/mol. The fraction of sp³-hybridized carbons (Fsp3) is 0.552. The highest BCUT2D eigenvalue weighted by atomic mass is 79.9. The first kappa shape index (κ1) is 27.3. The monoisotopic (exact) mass is 544 g/mol. The van der Waals surface area contributed by atoms with Crippen LogP contribution >= 0.6 is 15.9 Å². The summed E-state index contributed by atoms with van der Waals surface area (Å²) in [6, 6.07) is 21.7. The van der Waals surface area contributed by atoms with Crippen LogP contribution < -0.4 is 10.4 Å². The first-order valence-electron chi connectivity index (χ1n) is 12.6. The van der Waals surface area contributed by atoms with E-state index in [1.54, 1.807) is 0 Å². The molecule has 0 N–H and O–H groups in total. The van der Waals surface area contributed by atoms with Crippen molar-refractivity contribution in [2.75, 3.05) is 11.9 Å². The van der Waals surface area contributed by atoms with Gasteiger partial charge in [0.1, 0.15) is 5.78 Å². The van der Waals surface area contributed by atoms with Crippen LogP contribution in [0.4, 0.5) is 0 Å². The number of halogens is 1. The standard InChI is InChI=1S/C29H41BrO3Si/c1-23(13-12-20-29(5)27(33-29)19-18-24(31)21-30)22-32-34(28(2,3)4,25-14-8-6-9-15-25)26-16-10-7-11-17-26/h6-11,14-17,23,27H,12-13,18-22H2,1-5H3. The van der Waals surface area contributed by atoms with Crippen molar-refractivity contribution < 1.29 is 14.0 Å². The highest BCUT2D eigenvalue weighted by Crippen LogP contribution is 2.43. The van der Waals surface area contributed by atoms with Gasteiger partial charge < -0.3 is 9.16 Å². The molecule has 5 heteroatoms.